The molecule has 1 rings (SSSR count). The molecule has 0 aromatic carbocycles. The molecular formula is C23H48O5Si2. The summed E-state index contributed by atoms with van der Waals surface area (Å²) in [5.74, 6) is 0. The first-order valence-corrected chi connectivity index (χ1v) is 17.3. The fourth-order valence-electron chi connectivity index (χ4n) is 3.00. The number of ether oxygens (including phenoxy) is 2. The molecule has 1 fully saturated rings. The van der Waals surface area contributed by atoms with Crippen molar-refractivity contribution in [2.45, 2.75) is 142 Å². The van der Waals surface area contributed by atoms with Crippen LogP contribution in [0.5, 0.6) is 0 Å². The molecule has 0 aromatic heterocycles. The summed E-state index contributed by atoms with van der Waals surface area (Å²) in [4.78, 5) is 10.8. The topological polar surface area (TPSA) is 54.0 Å². The van der Waals surface area contributed by atoms with E-state index < -0.39 is 22.9 Å². The zero-order valence-corrected chi connectivity index (χ0v) is 23.6. The lowest BCUT2D eigenvalue weighted by Crippen LogP contribution is -2.57. The Balaban J connectivity index is 3.06. The first kappa shape index (κ1) is 28.0. The summed E-state index contributed by atoms with van der Waals surface area (Å²) in [5.41, 5.74) is 0. The SMILES string of the molecule is CC(CCC=O)O[C@@H]1O[C@@H](C)[C@H](O[Si](C)(C)C(C)(C)C)C[C@H]1O[Si](C)(C)C(C)(C)C. The van der Waals surface area contributed by atoms with Gasteiger partial charge < -0.3 is 23.1 Å². The van der Waals surface area contributed by atoms with Crippen molar-refractivity contribution in [2.24, 2.45) is 0 Å². The van der Waals surface area contributed by atoms with E-state index in [-0.39, 0.29) is 34.5 Å². The Labute approximate surface area is 187 Å². The van der Waals surface area contributed by atoms with Gasteiger partial charge in [-0.05, 0) is 56.5 Å². The van der Waals surface area contributed by atoms with Crippen LogP contribution >= 0.6 is 0 Å². The Morgan fingerprint density at radius 1 is 0.967 bits per heavy atom. The molecule has 0 saturated carbocycles. The Morgan fingerprint density at radius 3 is 1.87 bits per heavy atom. The molecule has 1 aliphatic heterocycles. The van der Waals surface area contributed by atoms with E-state index in [0.717, 1.165) is 12.7 Å². The summed E-state index contributed by atoms with van der Waals surface area (Å²) in [6.45, 7) is 26.7. The van der Waals surface area contributed by atoms with Gasteiger partial charge in [0, 0.05) is 12.8 Å². The fraction of sp³-hybridized carbons (Fsp3) is 0.957. The zero-order valence-electron chi connectivity index (χ0n) is 21.6. The second-order valence-electron chi connectivity index (χ2n) is 12.0. The number of aldehydes is 1. The summed E-state index contributed by atoms with van der Waals surface area (Å²) in [7, 11) is -3.95. The molecule has 1 saturated heterocycles. The maximum absolute atomic E-state index is 10.8. The lowest BCUT2D eigenvalue weighted by atomic mass is 10.0. The van der Waals surface area contributed by atoms with Crippen molar-refractivity contribution in [1.82, 2.24) is 0 Å². The van der Waals surface area contributed by atoms with Gasteiger partial charge in [0.25, 0.3) is 0 Å². The van der Waals surface area contributed by atoms with Crippen molar-refractivity contribution in [2.75, 3.05) is 0 Å². The van der Waals surface area contributed by atoms with Crippen molar-refractivity contribution >= 4 is 22.9 Å². The third-order valence-corrected chi connectivity index (χ3v) is 16.2. The molecule has 0 radical (unpaired) electrons. The van der Waals surface area contributed by atoms with E-state index in [2.05, 4.69) is 74.7 Å². The van der Waals surface area contributed by atoms with Crippen LogP contribution < -0.4 is 0 Å². The molecular weight excluding hydrogens is 412 g/mol. The highest BCUT2D eigenvalue weighted by Gasteiger charge is 2.48. The predicted octanol–water partition coefficient (Wildman–Crippen LogP) is 6.29. The lowest BCUT2D eigenvalue weighted by Gasteiger charge is -2.48. The van der Waals surface area contributed by atoms with Gasteiger partial charge >= 0.3 is 0 Å². The van der Waals surface area contributed by atoms with Gasteiger partial charge in [0.2, 0.25) is 0 Å². The zero-order chi connectivity index (χ0) is 23.5. The normalized spacial score (nSPS) is 27.7. The Hall–Kier alpha value is -0.0562. The number of carbonyl (C=O) groups is 1. The minimum Gasteiger partial charge on any atom is -0.411 e. The summed E-state index contributed by atoms with van der Waals surface area (Å²) in [5, 5.41) is 0.235. The van der Waals surface area contributed by atoms with Crippen LogP contribution in [0.1, 0.15) is 74.7 Å². The van der Waals surface area contributed by atoms with Crippen LogP contribution in [0.25, 0.3) is 0 Å². The first-order chi connectivity index (χ1) is 13.4. The van der Waals surface area contributed by atoms with Crippen molar-refractivity contribution in [3.8, 4) is 0 Å². The van der Waals surface area contributed by atoms with Crippen LogP contribution in [0.3, 0.4) is 0 Å². The van der Waals surface area contributed by atoms with Crippen molar-refractivity contribution in [3.05, 3.63) is 0 Å². The first-order valence-electron chi connectivity index (χ1n) is 11.5. The predicted molar refractivity (Wildman–Crippen MR) is 129 cm³/mol. The minimum absolute atomic E-state index is 0.00853. The number of hydrogen-bond donors (Lipinski definition) is 0. The molecule has 0 spiro atoms. The molecule has 1 unspecified atom stereocenters. The molecule has 5 nitrogen and oxygen atoms in total. The van der Waals surface area contributed by atoms with Crippen LogP contribution in [0.2, 0.25) is 36.3 Å². The van der Waals surface area contributed by atoms with Gasteiger partial charge in [-0.3, -0.25) is 0 Å². The molecule has 0 N–H and O–H groups in total. The highest BCUT2D eigenvalue weighted by atomic mass is 28.4. The fourth-order valence-corrected chi connectivity index (χ4v) is 5.71. The second-order valence-corrected chi connectivity index (χ2v) is 21.5. The highest BCUT2D eigenvalue weighted by molar-refractivity contribution is 6.74. The average molecular weight is 461 g/mol. The molecule has 1 aliphatic rings. The van der Waals surface area contributed by atoms with Gasteiger partial charge in [-0.2, -0.15) is 0 Å². The Morgan fingerprint density at radius 2 is 1.43 bits per heavy atom. The molecule has 178 valence electrons. The molecule has 0 aliphatic carbocycles. The standard InChI is InChI=1S/C23H48O5Si2/c1-17(14-13-15-24)25-21-20(28-30(11,12)23(6,7)8)16-19(18(2)26-21)27-29(9,10)22(3,4)5/h15,17-21H,13-14,16H2,1-12H3/t17?,18-,19+,20+,21+/m0/s1. The summed E-state index contributed by atoms with van der Waals surface area (Å²) >= 11 is 0. The van der Waals surface area contributed by atoms with E-state index in [9.17, 15) is 4.79 Å². The molecule has 7 heteroatoms. The molecule has 1 heterocycles. The number of carbonyl (C=O) groups excluding carboxylic acids is 1. The smallest absolute Gasteiger partial charge is 0.192 e. The molecule has 30 heavy (non-hydrogen) atoms. The van der Waals surface area contributed by atoms with E-state index in [1.165, 1.54) is 0 Å². The van der Waals surface area contributed by atoms with Gasteiger partial charge in [-0.1, -0.05) is 41.5 Å². The second kappa shape index (κ2) is 10.3. The quantitative estimate of drug-likeness (QED) is 0.299. The summed E-state index contributed by atoms with van der Waals surface area (Å²) in [6, 6.07) is 0. The monoisotopic (exact) mass is 460 g/mol. The van der Waals surface area contributed by atoms with E-state index in [0.29, 0.717) is 12.8 Å². The van der Waals surface area contributed by atoms with Gasteiger partial charge in [-0.15, -0.1) is 0 Å². The highest BCUT2D eigenvalue weighted by Crippen LogP contribution is 2.42. The molecule has 0 bridgehead atoms. The van der Waals surface area contributed by atoms with Crippen LogP contribution in [0.15, 0.2) is 0 Å². The van der Waals surface area contributed by atoms with Gasteiger partial charge in [0.15, 0.2) is 22.9 Å². The van der Waals surface area contributed by atoms with Crippen LogP contribution in [0.4, 0.5) is 0 Å². The number of rotatable bonds is 9. The van der Waals surface area contributed by atoms with E-state index in [4.69, 9.17) is 18.3 Å². The molecule has 5 atom stereocenters. The van der Waals surface area contributed by atoms with Crippen LogP contribution in [-0.2, 0) is 23.1 Å². The van der Waals surface area contributed by atoms with Gasteiger partial charge in [-0.25, -0.2) is 0 Å². The minimum atomic E-state index is -2.02. The average Bonchev–Trinajstić information content (AvgIpc) is 2.54. The lowest BCUT2D eigenvalue weighted by molar-refractivity contribution is -0.268. The third-order valence-electron chi connectivity index (χ3n) is 7.20. The Bertz CT molecular complexity index is 551. The van der Waals surface area contributed by atoms with Crippen molar-refractivity contribution in [1.29, 1.82) is 0 Å². The Kier molecular flexibility index (Phi) is 9.56. The van der Waals surface area contributed by atoms with Crippen molar-refractivity contribution < 1.29 is 23.1 Å². The van der Waals surface area contributed by atoms with Gasteiger partial charge in [0.05, 0.1) is 24.4 Å². The third kappa shape index (κ3) is 7.52. The molecule has 0 amide bonds. The van der Waals surface area contributed by atoms with E-state index in [1.807, 2.05) is 6.92 Å². The van der Waals surface area contributed by atoms with Gasteiger partial charge in [0.1, 0.15) is 6.29 Å². The van der Waals surface area contributed by atoms with E-state index >= 15 is 0 Å². The van der Waals surface area contributed by atoms with E-state index in [1.54, 1.807) is 0 Å². The largest absolute Gasteiger partial charge is 0.411 e. The van der Waals surface area contributed by atoms with Crippen LogP contribution in [-0.4, -0.2) is 53.6 Å². The molecule has 0 aromatic rings. The summed E-state index contributed by atoms with van der Waals surface area (Å²) < 4.78 is 26.2. The summed E-state index contributed by atoms with van der Waals surface area (Å²) in [6.07, 6.45) is 2.15. The van der Waals surface area contributed by atoms with Crippen molar-refractivity contribution in [3.63, 3.8) is 0 Å². The maximum atomic E-state index is 10.8. The number of hydrogen-bond acceptors (Lipinski definition) is 5. The maximum Gasteiger partial charge on any atom is 0.192 e. The van der Waals surface area contributed by atoms with Crippen LogP contribution in [0, 0.1) is 0 Å².